The van der Waals surface area contributed by atoms with Gasteiger partial charge < -0.3 is 88.9 Å². The molecule has 7 saturated heterocycles. The maximum absolute atomic E-state index is 11.1. The van der Waals surface area contributed by atoms with Crippen LogP contribution in [-0.2, 0) is 18.9 Å². The maximum Gasteiger partial charge on any atom is 0.409 e. The number of aliphatic hydroxyl groups is 3. The van der Waals surface area contributed by atoms with Gasteiger partial charge in [-0.1, -0.05) is 72.8 Å². The number of rotatable bonds is 31. The zero-order valence-corrected chi connectivity index (χ0v) is 56.1. The van der Waals surface area contributed by atoms with E-state index >= 15 is 0 Å². The second kappa shape index (κ2) is 37.7. The van der Waals surface area contributed by atoms with E-state index in [9.17, 15) is 20.1 Å². The zero-order valence-electron chi connectivity index (χ0n) is 56.1. The smallest absolute Gasteiger partial charge is 0.409 e. The summed E-state index contributed by atoms with van der Waals surface area (Å²) in [6.45, 7) is 23.6. The van der Waals surface area contributed by atoms with Gasteiger partial charge in [0.2, 0.25) is 0 Å². The minimum absolute atomic E-state index is 0.0717. The van der Waals surface area contributed by atoms with Gasteiger partial charge in [-0.2, -0.15) is 0 Å². The van der Waals surface area contributed by atoms with E-state index in [1.807, 2.05) is 79.7 Å². The Hall–Kier alpha value is -7.13. The second-order valence-electron chi connectivity index (χ2n) is 25.6. The molecule has 0 bridgehead atoms. The van der Waals surface area contributed by atoms with Crippen molar-refractivity contribution < 1.29 is 67.5 Å². The first-order chi connectivity index (χ1) is 47.6. The number of β-amino-alcohol motifs (C(OH)–C–C–N with tert-alkyl or cyclic N) is 3. The first-order valence-corrected chi connectivity index (χ1v) is 34.8. The first kappa shape index (κ1) is 71.2. The van der Waals surface area contributed by atoms with Crippen molar-refractivity contribution in [3.8, 4) is 34.5 Å². The van der Waals surface area contributed by atoms with Crippen molar-refractivity contribution in [3.05, 3.63) is 179 Å². The molecule has 524 valence electrons. The number of hydrogen-bond donors (Lipinski definition) is 7. The third-order valence-corrected chi connectivity index (χ3v) is 17.8. The number of aliphatic hydroxyl groups excluding tert-OH is 3. The third-order valence-electron chi connectivity index (χ3n) is 17.8. The maximum atomic E-state index is 11.1. The molecule has 22 heteroatoms. The number of epoxide rings is 3. The molecule has 0 spiro atoms. The van der Waals surface area contributed by atoms with E-state index in [2.05, 4.69) is 109 Å². The molecular weight excluding hydrogens is 1240 g/mol. The van der Waals surface area contributed by atoms with E-state index in [0.29, 0.717) is 63.3 Å². The van der Waals surface area contributed by atoms with Crippen LogP contribution in [0, 0.1) is 0 Å². The van der Waals surface area contributed by atoms with E-state index in [1.54, 1.807) is 4.90 Å². The van der Waals surface area contributed by atoms with Crippen LogP contribution in [-0.4, -0.2) is 268 Å². The van der Waals surface area contributed by atoms with E-state index in [-0.39, 0.29) is 56.1 Å². The molecule has 6 aromatic rings. The van der Waals surface area contributed by atoms with Gasteiger partial charge in [-0.25, -0.2) is 4.79 Å². The fourth-order valence-corrected chi connectivity index (χ4v) is 12.1. The van der Waals surface area contributed by atoms with Gasteiger partial charge >= 0.3 is 6.09 Å². The quantitative estimate of drug-likeness (QED) is 0.0223. The van der Waals surface area contributed by atoms with Crippen molar-refractivity contribution >= 4 is 6.09 Å². The number of nitrogens with one attached hydrogen (secondary N) is 4. The van der Waals surface area contributed by atoms with Gasteiger partial charge in [0, 0.05) is 136 Å². The van der Waals surface area contributed by atoms with Crippen molar-refractivity contribution in [1.29, 1.82) is 0 Å². The summed E-state index contributed by atoms with van der Waals surface area (Å²) in [6, 6.07) is 49.3. The van der Waals surface area contributed by atoms with Gasteiger partial charge in [0.05, 0.1) is 26.4 Å². The number of carbonyl (C=O) groups excluding carboxylic acids is 1. The number of carbonyl (C=O) groups is 1. The van der Waals surface area contributed by atoms with Crippen LogP contribution in [0.5, 0.6) is 34.5 Å². The summed E-state index contributed by atoms with van der Waals surface area (Å²) in [5.41, 5.74) is 6.84. The predicted molar refractivity (Wildman–Crippen MR) is 370 cm³/mol. The number of nitrogens with zero attached hydrogens (tertiary/aromatic N) is 4. The summed E-state index contributed by atoms with van der Waals surface area (Å²) in [5, 5.41) is 45.0. The van der Waals surface area contributed by atoms with Gasteiger partial charge in [0.15, 0.2) is 0 Å². The largest absolute Gasteiger partial charge is 0.491 e. The molecule has 0 radical (unpaired) electrons. The van der Waals surface area contributed by atoms with Crippen LogP contribution in [0.25, 0.3) is 0 Å². The number of hydrogen-bond acceptors (Lipinski definition) is 21. The Bertz CT molecular complexity index is 2880. The Morgan fingerprint density at radius 1 is 0.381 bits per heavy atom. The minimum Gasteiger partial charge on any atom is -0.491 e. The van der Waals surface area contributed by atoms with Gasteiger partial charge in [-0.15, -0.1) is 0 Å². The van der Waals surface area contributed by atoms with Crippen LogP contribution in [0.3, 0.4) is 0 Å². The Morgan fingerprint density at radius 3 is 0.835 bits per heavy atom. The molecule has 7 N–H and O–H groups in total. The van der Waals surface area contributed by atoms with Crippen molar-refractivity contribution in [3.63, 3.8) is 0 Å². The number of amides is 1. The monoisotopic (exact) mass is 1340 g/mol. The normalized spacial score (nSPS) is 20.9. The zero-order chi connectivity index (χ0) is 66.8. The summed E-state index contributed by atoms with van der Waals surface area (Å²) in [6.07, 6.45) is -1.13. The number of benzene rings is 6. The lowest BCUT2D eigenvalue weighted by Gasteiger charge is -2.29. The summed E-state index contributed by atoms with van der Waals surface area (Å²) >= 11 is 0. The fraction of sp³-hybridized carbons (Fsp3) is 0.507. The summed E-state index contributed by atoms with van der Waals surface area (Å²) in [4.78, 5) is 19.6. The SMILES string of the molecule is CCOC(=O)N1CCNCC1.OC(COc1ccc(C(c2ccc(OCC(O)CN3CCNCC3)cc2)c2ccc(OCC(O)CN3CCNCC3)cc2)cc1)CN1CCNCC1.c1cc(C(c2ccc(OCC3CO3)cc2)c2ccc(OCC3CO3)cc2)ccc1OCC1CO1. The minimum atomic E-state index is -0.557. The Balaban J connectivity index is 0.000000180. The molecule has 7 fully saturated rings. The molecule has 0 saturated carbocycles. The second-order valence-corrected chi connectivity index (χ2v) is 25.6. The van der Waals surface area contributed by atoms with Crippen LogP contribution >= 0.6 is 0 Å². The summed E-state index contributed by atoms with van der Waals surface area (Å²) in [5.74, 6) is 4.71. The molecule has 6 unspecified atom stereocenters. The third kappa shape index (κ3) is 24.1. The van der Waals surface area contributed by atoms with Crippen LogP contribution in [0.15, 0.2) is 146 Å². The lowest BCUT2D eigenvalue weighted by atomic mass is 9.85. The predicted octanol–water partition coefficient (Wildman–Crippen LogP) is 5.05. The molecule has 0 aliphatic carbocycles. The highest BCUT2D eigenvalue weighted by molar-refractivity contribution is 5.67. The van der Waals surface area contributed by atoms with Crippen molar-refractivity contribution in [1.82, 2.24) is 40.9 Å². The molecule has 6 aromatic carbocycles. The van der Waals surface area contributed by atoms with Crippen LogP contribution in [0.4, 0.5) is 4.79 Å². The lowest BCUT2D eigenvalue weighted by Crippen LogP contribution is -2.47. The fourth-order valence-electron chi connectivity index (χ4n) is 12.1. The molecular formula is C75H100N8O14. The van der Waals surface area contributed by atoms with Crippen molar-refractivity contribution in [2.75, 3.05) is 190 Å². The van der Waals surface area contributed by atoms with Crippen LogP contribution in [0.1, 0.15) is 52.1 Å². The van der Waals surface area contributed by atoms with Gasteiger partial charge in [0.1, 0.15) is 111 Å². The Labute approximate surface area is 571 Å². The van der Waals surface area contributed by atoms with Crippen LogP contribution < -0.4 is 49.7 Å². The molecule has 97 heavy (non-hydrogen) atoms. The molecule has 7 aliphatic heterocycles. The lowest BCUT2D eigenvalue weighted by molar-refractivity contribution is 0.0640. The van der Waals surface area contributed by atoms with E-state index in [1.165, 1.54) is 16.7 Å². The van der Waals surface area contributed by atoms with Crippen LogP contribution in [0.2, 0.25) is 0 Å². The average molecular weight is 1340 g/mol. The first-order valence-electron chi connectivity index (χ1n) is 34.8. The standard InChI is InChI=1S/C40H58N6O6.C28H28O6.C7H14N2O2/c47-34(25-44-19-13-41-14-20-44)28-50-37-7-1-31(2-8-37)40(32-3-9-38(10-4-32)51-29-35(48)26-45-21-15-42-16-22-45)33-5-11-39(12-6-33)52-30-36(49)27-46-23-17-43-18-24-46;1-7-22(29-13-25-16-32-25)8-2-19(1)28(20-3-9-23(10-4-20)30-14-26-17-33-26)21-5-11-24(12-6-21)31-15-27-18-34-27;1-2-11-7(10)9-5-3-8-4-6-9/h1-12,34-36,40-43,47-49H,13-30H2;1-12,25-28H,13-18H2;8H,2-6H2,1H3. The highest BCUT2D eigenvalue weighted by Gasteiger charge is 2.27. The summed E-state index contributed by atoms with van der Waals surface area (Å²) < 4.78 is 56.0. The number of ether oxygens (including phenoxy) is 10. The van der Waals surface area contributed by atoms with Gasteiger partial charge in [-0.05, 0) is 113 Å². The average Bonchev–Trinajstić information content (AvgIpc) is 1.32. The van der Waals surface area contributed by atoms with Crippen molar-refractivity contribution in [2.24, 2.45) is 0 Å². The van der Waals surface area contributed by atoms with E-state index in [0.717, 1.165) is 158 Å². The molecule has 1 amide bonds. The van der Waals surface area contributed by atoms with Gasteiger partial charge in [-0.3, -0.25) is 14.7 Å². The molecule has 22 nitrogen and oxygen atoms in total. The van der Waals surface area contributed by atoms with Crippen molar-refractivity contribution in [2.45, 2.75) is 55.4 Å². The van der Waals surface area contributed by atoms with E-state index < -0.39 is 18.3 Å². The highest BCUT2D eigenvalue weighted by Crippen LogP contribution is 2.37. The Morgan fingerprint density at radius 2 is 0.608 bits per heavy atom. The molecule has 7 aliphatic rings. The number of piperazine rings is 4. The Kier molecular flexibility index (Phi) is 27.7. The molecule has 0 aromatic heterocycles. The topological polar surface area (TPSA) is 241 Å². The van der Waals surface area contributed by atoms with E-state index in [4.69, 9.17) is 47.4 Å². The molecule has 6 atom stereocenters. The molecule has 7 heterocycles. The molecule has 13 rings (SSSR count). The summed E-state index contributed by atoms with van der Waals surface area (Å²) in [7, 11) is 0. The van der Waals surface area contributed by atoms with Gasteiger partial charge in [0.25, 0.3) is 0 Å². The highest BCUT2D eigenvalue weighted by atomic mass is 16.6.